The first-order valence-corrected chi connectivity index (χ1v) is 4.79. The van der Waals surface area contributed by atoms with E-state index in [4.69, 9.17) is 4.74 Å². The van der Waals surface area contributed by atoms with Crippen LogP contribution in [0.1, 0.15) is 5.56 Å². The van der Waals surface area contributed by atoms with E-state index < -0.39 is 0 Å². The van der Waals surface area contributed by atoms with Crippen molar-refractivity contribution in [3.05, 3.63) is 48.5 Å². The van der Waals surface area contributed by atoms with Gasteiger partial charge in [0, 0.05) is 12.4 Å². The Kier molecular flexibility index (Phi) is 3.00. The maximum Gasteiger partial charge on any atom is 0.199 e. The van der Waals surface area contributed by atoms with Crippen molar-refractivity contribution in [2.75, 3.05) is 7.11 Å². The lowest BCUT2D eigenvalue weighted by Crippen LogP contribution is -1.87. The molecule has 0 amide bonds. The zero-order valence-electron chi connectivity index (χ0n) is 8.80. The van der Waals surface area contributed by atoms with Crippen molar-refractivity contribution < 1.29 is 9.13 Å². The molecule has 1 heterocycles. The van der Waals surface area contributed by atoms with E-state index in [0.717, 1.165) is 11.3 Å². The lowest BCUT2D eigenvalue weighted by Gasteiger charge is -2.00. The number of hydrogen-bond acceptors (Lipinski definition) is 2. The molecule has 4 heteroatoms. The first-order valence-electron chi connectivity index (χ1n) is 4.79. The highest BCUT2D eigenvalue weighted by Crippen LogP contribution is 2.16. The molecule has 0 fully saturated rings. The van der Waals surface area contributed by atoms with Gasteiger partial charge in [-0.25, -0.2) is 4.98 Å². The van der Waals surface area contributed by atoms with Crippen molar-refractivity contribution in [3.63, 3.8) is 0 Å². The molecule has 1 aromatic heterocycles. The molecule has 0 saturated heterocycles. The maximum absolute atomic E-state index is 13.6. The van der Waals surface area contributed by atoms with Gasteiger partial charge in [0.05, 0.1) is 7.11 Å². The Morgan fingerprint density at radius 2 is 2.12 bits per heavy atom. The third kappa shape index (κ3) is 2.28. The molecule has 16 heavy (non-hydrogen) atoms. The molecular formula is C12H11FN2O. The summed E-state index contributed by atoms with van der Waals surface area (Å²) in [5.74, 6) is 0.378. The molecule has 82 valence electrons. The van der Waals surface area contributed by atoms with Crippen LogP contribution >= 0.6 is 0 Å². The molecule has 0 unspecified atom stereocenters. The third-order valence-corrected chi connectivity index (χ3v) is 2.15. The van der Waals surface area contributed by atoms with Crippen molar-refractivity contribution in [2.45, 2.75) is 0 Å². The van der Waals surface area contributed by atoms with E-state index >= 15 is 0 Å². The predicted octanol–water partition coefficient (Wildman–Crippen LogP) is 2.82. The Bertz CT molecular complexity index is 474. The highest BCUT2D eigenvalue weighted by molar-refractivity contribution is 5.66. The number of methoxy groups -OCH3 is 1. The minimum absolute atomic E-state index is 0.373. The van der Waals surface area contributed by atoms with Crippen molar-refractivity contribution >= 4 is 12.0 Å². The number of aromatic nitrogens is 2. The molecule has 0 saturated carbocycles. The fourth-order valence-electron chi connectivity index (χ4n) is 1.30. The van der Waals surface area contributed by atoms with E-state index in [0.29, 0.717) is 0 Å². The van der Waals surface area contributed by atoms with Gasteiger partial charge in [0.15, 0.2) is 5.95 Å². The van der Waals surface area contributed by atoms with Crippen LogP contribution in [0.15, 0.2) is 43.0 Å². The topological polar surface area (TPSA) is 27.1 Å². The SMILES string of the molecule is COc1ccc(/C=C(\F)n2ccnc2)cc1. The first kappa shape index (κ1) is 10.4. The van der Waals surface area contributed by atoms with Gasteiger partial charge >= 0.3 is 0 Å². The lowest BCUT2D eigenvalue weighted by atomic mass is 10.2. The van der Waals surface area contributed by atoms with Crippen LogP contribution in [0.3, 0.4) is 0 Å². The number of halogens is 1. The summed E-state index contributed by atoms with van der Waals surface area (Å²) in [5, 5.41) is 0. The van der Waals surface area contributed by atoms with Gasteiger partial charge in [0.25, 0.3) is 0 Å². The Morgan fingerprint density at radius 1 is 1.38 bits per heavy atom. The van der Waals surface area contributed by atoms with Gasteiger partial charge in [-0.2, -0.15) is 4.39 Å². The van der Waals surface area contributed by atoms with Crippen LogP contribution in [0.25, 0.3) is 12.0 Å². The molecule has 3 nitrogen and oxygen atoms in total. The molecule has 0 bridgehead atoms. The van der Waals surface area contributed by atoms with E-state index in [1.54, 1.807) is 37.6 Å². The van der Waals surface area contributed by atoms with Gasteiger partial charge in [-0.05, 0) is 23.8 Å². The van der Waals surface area contributed by atoms with E-state index in [9.17, 15) is 4.39 Å². The van der Waals surface area contributed by atoms with Gasteiger partial charge in [-0.3, -0.25) is 4.57 Å². The summed E-state index contributed by atoms with van der Waals surface area (Å²) in [7, 11) is 1.59. The van der Waals surface area contributed by atoms with E-state index in [2.05, 4.69) is 4.98 Å². The lowest BCUT2D eigenvalue weighted by molar-refractivity contribution is 0.415. The van der Waals surface area contributed by atoms with E-state index in [1.807, 2.05) is 0 Å². The summed E-state index contributed by atoms with van der Waals surface area (Å²) in [6.07, 6.45) is 5.92. The second-order valence-corrected chi connectivity index (χ2v) is 3.21. The highest BCUT2D eigenvalue weighted by Gasteiger charge is 1.98. The summed E-state index contributed by atoms with van der Waals surface area (Å²) in [4.78, 5) is 3.77. The smallest absolute Gasteiger partial charge is 0.199 e. The Morgan fingerprint density at radius 3 is 2.69 bits per heavy atom. The van der Waals surface area contributed by atoms with Crippen LogP contribution in [-0.2, 0) is 0 Å². The minimum atomic E-state index is -0.373. The van der Waals surface area contributed by atoms with E-state index in [-0.39, 0.29) is 5.95 Å². The van der Waals surface area contributed by atoms with Gasteiger partial charge in [0.1, 0.15) is 12.1 Å². The van der Waals surface area contributed by atoms with Crippen LogP contribution in [0, 0.1) is 0 Å². The number of nitrogens with zero attached hydrogens (tertiary/aromatic N) is 2. The molecule has 2 aromatic rings. The number of hydrogen-bond donors (Lipinski definition) is 0. The molecule has 0 N–H and O–H groups in total. The molecule has 0 radical (unpaired) electrons. The maximum atomic E-state index is 13.6. The van der Waals surface area contributed by atoms with Gasteiger partial charge < -0.3 is 4.74 Å². The van der Waals surface area contributed by atoms with E-state index in [1.165, 1.54) is 23.2 Å². The molecule has 0 aliphatic rings. The molecular weight excluding hydrogens is 207 g/mol. The first-order chi connectivity index (χ1) is 7.79. The minimum Gasteiger partial charge on any atom is -0.497 e. The second kappa shape index (κ2) is 4.61. The monoisotopic (exact) mass is 218 g/mol. The zero-order valence-corrected chi connectivity index (χ0v) is 8.80. The summed E-state index contributed by atoms with van der Waals surface area (Å²) < 4.78 is 19.9. The Balaban J connectivity index is 2.22. The summed E-state index contributed by atoms with van der Waals surface area (Å²) in [6.45, 7) is 0. The van der Waals surface area contributed by atoms with Crippen molar-refractivity contribution in [3.8, 4) is 5.75 Å². The van der Waals surface area contributed by atoms with Crippen LogP contribution in [0.4, 0.5) is 4.39 Å². The van der Waals surface area contributed by atoms with Crippen molar-refractivity contribution in [2.24, 2.45) is 0 Å². The second-order valence-electron chi connectivity index (χ2n) is 3.21. The zero-order chi connectivity index (χ0) is 11.4. The van der Waals surface area contributed by atoms with Crippen molar-refractivity contribution in [1.82, 2.24) is 9.55 Å². The van der Waals surface area contributed by atoms with Gasteiger partial charge in [0.2, 0.25) is 0 Å². The molecule has 0 atom stereocenters. The fourth-order valence-corrected chi connectivity index (χ4v) is 1.30. The van der Waals surface area contributed by atoms with Gasteiger partial charge in [-0.1, -0.05) is 12.1 Å². The molecule has 0 aliphatic heterocycles. The molecule has 2 rings (SSSR count). The predicted molar refractivity (Wildman–Crippen MR) is 60.5 cm³/mol. The normalized spacial score (nSPS) is 11.5. The highest BCUT2D eigenvalue weighted by atomic mass is 19.1. The third-order valence-electron chi connectivity index (χ3n) is 2.15. The quantitative estimate of drug-likeness (QED) is 0.792. The summed E-state index contributed by atoms with van der Waals surface area (Å²) in [6, 6.07) is 7.14. The molecule has 0 aliphatic carbocycles. The van der Waals surface area contributed by atoms with Crippen molar-refractivity contribution in [1.29, 1.82) is 0 Å². The fraction of sp³-hybridized carbons (Fsp3) is 0.0833. The average Bonchev–Trinajstić information content (AvgIpc) is 2.83. The Hall–Kier alpha value is -2.10. The number of imidazole rings is 1. The largest absolute Gasteiger partial charge is 0.497 e. The van der Waals surface area contributed by atoms with Gasteiger partial charge in [-0.15, -0.1) is 0 Å². The van der Waals surface area contributed by atoms with Crippen LogP contribution in [0.5, 0.6) is 5.75 Å². The average molecular weight is 218 g/mol. The standard InChI is InChI=1S/C12H11FN2O/c1-16-11-4-2-10(3-5-11)8-12(13)15-7-6-14-9-15/h2-9H,1H3/b12-8+. The Labute approximate surface area is 92.8 Å². The molecule has 0 spiro atoms. The molecule has 1 aromatic carbocycles. The number of ether oxygens (including phenoxy) is 1. The summed E-state index contributed by atoms with van der Waals surface area (Å²) in [5.41, 5.74) is 0.770. The van der Waals surface area contributed by atoms with Crippen LogP contribution in [0.2, 0.25) is 0 Å². The van der Waals surface area contributed by atoms with Crippen LogP contribution in [-0.4, -0.2) is 16.7 Å². The summed E-state index contributed by atoms with van der Waals surface area (Å²) >= 11 is 0. The number of benzene rings is 1. The number of rotatable bonds is 3. The van der Waals surface area contributed by atoms with Crippen LogP contribution < -0.4 is 4.74 Å².